The van der Waals surface area contributed by atoms with Crippen molar-refractivity contribution in [3.8, 4) is 0 Å². The third kappa shape index (κ3) is 3.82. The number of carbonyl (C=O) groups excluding carboxylic acids is 1. The Labute approximate surface area is 88.4 Å². The lowest BCUT2D eigenvalue weighted by Crippen LogP contribution is -2.20. The summed E-state index contributed by atoms with van der Waals surface area (Å²) in [5, 5.41) is 0. The lowest BCUT2D eigenvalue weighted by Gasteiger charge is -2.18. The summed E-state index contributed by atoms with van der Waals surface area (Å²) in [6.45, 7) is 4.00. The maximum Gasteiger partial charge on any atom is 0.404 e. The summed E-state index contributed by atoms with van der Waals surface area (Å²) in [6, 6.07) is 0. The number of hydrogen-bond acceptors (Lipinski definition) is 4. The van der Waals surface area contributed by atoms with E-state index in [1.807, 2.05) is 13.8 Å². The fourth-order valence-electron chi connectivity index (χ4n) is 1.43. The van der Waals surface area contributed by atoms with Crippen LogP contribution in [0.4, 0.5) is 4.79 Å². The van der Waals surface area contributed by atoms with E-state index in [9.17, 15) is 4.79 Å². The zero-order valence-corrected chi connectivity index (χ0v) is 9.12. The molecule has 82 valence electrons. The van der Waals surface area contributed by atoms with E-state index in [4.69, 9.17) is 26.1 Å². The molecule has 0 saturated carbocycles. The predicted molar refractivity (Wildman–Crippen MR) is 50.8 cm³/mol. The number of carbonyl (C=O) groups is 1. The van der Waals surface area contributed by atoms with Crippen LogP contribution in [0.3, 0.4) is 0 Å². The van der Waals surface area contributed by atoms with Crippen molar-refractivity contribution < 1.29 is 19.3 Å². The molecule has 0 spiro atoms. The molecule has 0 aromatic rings. The molecule has 0 aromatic heterocycles. The number of rotatable bonds is 6. The highest BCUT2D eigenvalue weighted by atomic mass is 35.5. The highest BCUT2D eigenvalue weighted by Gasteiger charge is 2.36. The van der Waals surface area contributed by atoms with Crippen molar-refractivity contribution in [1.29, 1.82) is 0 Å². The Kier molecular flexibility index (Phi) is 4.65. The number of ether oxygens (including phenoxy) is 1. The molecule has 2 atom stereocenters. The van der Waals surface area contributed by atoms with Crippen LogP contribution in [0.2, 0.25) is 0 Å². The molecule has 0 N–H and O–H groups in total. The summed E-state index contributed by atoms with van der Waals surface area (Å²) in [5.74, 6) is 0.274. The average molecular weight is 223 g/mol. The van der Waals surface area contributed by atoms with Crippen LogP contribution in [-0.4, -0.2) is 17.8 Å². The van der Waals surface area contributed by atoms with Gasteiger partial charge >= 0.3 is 5.43 Å². The molecule has 1 heterocycles. The van der Waals surface area contributed by atoms with Crippen molar-refractivity contribution in [3.05, 3.63) is 0 Å². The minimum atomic E-state index is -0.746. The Morgan fingerprint density at radius 3 is 2.43 bits per heavy atom. The lowest BCUT2D eigenvalue weighted by atomic mass is 9.97. The molecule has 0 bridgehead atoms. The van der Waals surface area contributed by atoms with E-state index < -0.39 is 5.43 Å². The zero-order chi connectivity index (χ0) is 10.6. The summed E-state index contributed by atoms with van der Waals surface area (Å²) in [7, 11) is 0. The lowest BCUT2D eigenvalue weighted by molar-refractivity contribution is 0.0850. The minimum Gasteiger partial charge on any atom is -0.450 e. The first-order valence-corrected chi connectivity index (χ1v) is 5.23. The van der Waals surface area contributed by atoms with Crippen molar-refractivity contribution in [3.63, 3.8) is 0 Å². The van der Waals surface area contributed by atoms with Gasteiger partial charge in [0.25, 0.3) is 0 Å². The van der Waals surface area contributed by atoms with Crippen LogP contribution >= 0.6 is 11.6 Å². The van der Waals surface area contributed by atoms with Crippen LogP contribution in [0.25, 0.3) is 0 Å². The minimum absolute atomic E-state index is 0.122. The fraction of sp³-hybridized carbons (Fsp3) is 0.889. The largest absolute Gasteiger partial charge is 0.450 e. The van der Waals surface area contributed by atoms with Gasteiger partial charge in [0.05, 0.1) is 0 Å². The third-order valence-corrected chi connectivity index (χ3v) is 2.49. The summed E-state index contributed by atoms with van der Waals surface area (Å²) in [4.78, 5) is 20.0. The quantitative estimate of drug-likeness (QED) is 0.394. The molecular formula is C9H15ClO4. The highest BCUT2D eigenvalue weighted by Crippen LogP contribution is 2.30. The van der Waals surface area contributed by atoms with Gasteiger partial charge in [-0.2, -0.15) is 9.78 Å². The SMILES string of the molecule is CCC(CC(CC)C1OO1)OC(=O)Cl. The monoisotopic (exact) mass is 222 g/mol. The van der Waals surface area contributed by atoms with E-state index in [1.165, 1.54) is 0 Å². The molecule has 1 aliphatic rings. The number of hydrogen-bond donors (Lipinski definition) is 0. The average Bonchev–Trinajstić information content (AvgIpc) is 2.94. The van der Waals surface area contributed by atoms with E-state index in [0.29, 0.717) is 0 Å². The molecule has 14 heavy (non-hydrogen) atoms. The van der Waals surface area contributed by atoms with Gasteiger partial charge in [0, 0.05) is 17.5 Å². The van der Waals surface area contributed by atoms with Gasteiger partial charge in [-0.15, -0.1) is 0 Å². The van der Waals surface area contributed by atoms with Crippen LogP contribution in [0.1, 0.15) is 33.1 Å². The topological polar surface area (TPSA) is 51.4 Å². The molecule has 0 aromatic carbocycles. The molecule has 1 rings (SSSR count). The molecule has 1 aliphatic heterocycles. The van der Waals surface area contributed by atoms with Gasteiger partial charge in [0.2, 0.25) is 6.29 Å². The molecule has 0 amide bonds. The van der Waals surface area contributed by atoms with Gasteiger partial charge in [-0.05, 0) is 19.3 Å². The number of halogens is 1. The smallest absolute Gasteiger partial charge is 0.404 e. The van der Waals surface area contributed by atoms with Gasteiger partial charge in [0.15, 0.2) is 0 Å². The fourth-order valence-corrected chi connectivity index (χ4v) is 1.55. The molecule has 2 unspecified atom stereocenters. The Bertz CT molecular complexity index is 193. The van der Waals surface area contributed by atoms with Crippen LogP contribution in [0.5, 0.6) is 0 Å². The highest BCUT2D eigenvalue weighted by molar-refractivity contribution is 6.61. The maximum absolute atomic E-state index is 10.5. The Balaban J connectivity index is 2.32. The second-order valence-corrected chi connectivity index (χ2v) is 3.66. The van der Waals surface area contributed by atoms with Gasteiger partial charge in [-0.1, -0.05) is 13.8 Å². The summed E-state index contributed by atoms with van der Waals surface area (Å²) in [5.41, 5.74) is -0.746. The molecule has 0 radical (unpaired) electrons. The van der Waals surface area contributed by atoms with Crippen molar-refractivity contribution in [1.82, 2.24) is 0 Å². The molecular weight excluding hydrogens is 208 g/mol. The van der Waals surface area contributed by atoms with Crippen LogP contribution in [0.15, 0.2) is 0 Å². The van der Waals surface area contributed by atoms with Crippen LogP contribution < -0.4 is 0 Å². The summed E-state index contributed by atoms with van der Waals surface area (Å²) >= 11 is 5.15. The zero-order valence-electron chi connectivity index (χ0n) is 8.36. The summed E-state index contributed by atoms with van der Waals surface area (Å²) in [6.07, 6.45) is 2.15. The Morgan fingerprint density at radius 1 is 1.43 bits per heavy atom. The molecule has 1 saturated heterocycles. The van der Waals surface area contributed by atoms with Crippen molar-refractivity contribution >= 4 is 17.0 Å². The summed E-state index contributed by atoms with van der Waals surface area (Å²) < 4.78 is 4.93. The molecule has 5 heteroatoms. The Hall–Kier alpha value is -0.320. The second kappa shape index (κ2) is 5.53. The first kappa shape index (κ1) is 11.8. The second-order valence-electron chi connectivity index (χ2n) is 3.35. The van der Waals surface area contributed by atoms with Gasteiger partial charge in [-0.25, -0.2) is 4.79 Å². The van der Waals surface area contributed by atoms with Crippen molar-refractivity contribution in [2.75, 3.05) is 0 Å². The predicted octanol–water partition coefficient (Wildman–Crippen LogP) is 2.84. The Morgan fingerprint density at radius 2 is 2.07 bits per heavy atom. The van der Waals surface area contributed by atoms with Crippen LogP contribution in [0, 0.1) is 5.92 Å². The molecule has 0 aliphatic carbocycles. The van der Waals surface area contributed by atoms with E-state index in [0.717, 1.165) is 19.3 Å². The van der Waals surface area contributed by atoms with E-state index >= 15 is 0 Å². The van der Waals surface area contributed by atoms with Gasteiger partial charge in [0.1, 0.15) is 6.10 Å². The maximum atomic E-state index is 10.5. The first-order chi connectivity index (χ1) is 6.67. The van der Waals surface area contributed by atoms with Crippen molar-refractivity contribution in [2.45, 2.75) is 45.5 Å². The first-order valence-electron chi connectivity index (χ1n) is 4.85. The van der Waals surface area contributed by atoms with E-state index in [-0.39, 0.29) is 18.3 Å². The third-order valence-electron chi connectivity index (χ3n) is 2.40. The normalized spacial score (nSPS) is 20.2. The standard InChI is InChI=1S/C9H15ClO4/c1-3-6(8-13-14-8)5-7(4-2)12-9(10)11/h6-8H,3-5H2,1-2H3. The molecule has 4 nitrogen and oxygen atoms in total. The molecule has 1 fully saturated rings. The van der Waals surface area contributed by atoms with Crippen molar-refractivity contribution in [2.24, 2.45) is 5.92 Å². The van der Waals surface area contributed by atoms with Crippen LogP contribution in [-0.2, 0) is 14.5 Å². The van der Waals surface area contributed by atoms with Gasteiger partial charge in [-0.3, -0.25) is 0 Å². The van der Waals surface area contributed by atoms with Gasteiger partial charge < -0.3 is 4.74 Å². The van der Waals surface area contributed by atoms with E-state index in [2.05, 4.69) is 0 Å². The van der Waals surface area contributed by atoms with E-state index in [1.54, 1.807) is 0 Å².